The summed E-state index contributed by atoms with van der Waals surface area (Å²) in [6.07, 6.45) is 0. The summed E-state index contributed by atoms with van der Waals surface area (Å²) in [5.74, 6) is 0.520. The largest absolute Gasteiger partial charge is 0.243 e. The molecule has 0 fully saturated rings. The zero-order chi connectivity index (χ0) is 21.0. The Morgan fingerprint density at radius 1 is 0.867 bits per heavy atom. The summed E-state index contributed by atoms with van der Waals surface area (Å²) < 4.78 is 28.3. The van der Waals surface area contributed by atoms with Crippen LogP contribution in [0.5, 0.6) is 0 Å². The van der Waals surface area contributed by atoms with E-state index in [-0.39, 0.29) is 18.0 Å². The zero-order valence-electron chi connectivity index (χ0n) is 15.8. The van der Waals surface area contributed by atoms with Crippen molar-refractivity contribution in [3.05, 3.63) is 95.0 Å². The van der Waals surface area contributed by atoms with Crippen LogP contribution in [0.15, 0.2) is 83.8 Å². The Balaban J connectivity index is 1.69. The lowest BCUT2D eigenvalue weighted by Gasteiger charge is -2.23. The van der Waals surface area contributed by atoms with Crippen molar-refractivity contribution >= 4 is 21.6 Å². The number of nitrogens with zero attached hydrogens (tertiary/aromatic N) is 4. The highest BCUT2D eigenvalue weighted by Gasteiger charge is 2.25. The maximum absolute atomic E-state index is 13.4. The first-order chi connectivity index (χ1) is 14.5. The SMILES string of the molecule is O=S(=O)(c1ccc(Cl)cc1)N(Cc1ccccc1)Cc1cccc(-c2nnn[nH]2)c1. The van der Waals surface area contributed by atoms with Crippen molar-refractivity contribution in [2.75, 3.05) is 0 Å². The van der Waals surface area contributed by atoms with Crippen molar-refractivity contribution in [3.8, 4) is 11.4 Å². The number of sulfonamides is 1. The molecule has 4 rings (SSSR count). The number of benzene rings is 3. The number of hydrogen-bond donors (Lipinski definition) is 1. The molecule has 0 radical (unpaired) electrons. The molecule has 152 valence electrons. The van der Waals surface area contributed by atoms with E-state index < -0.39 is 10.0 Å². The lowest BCUT2D eigenvalue weighted by molar-refractivity contribution is 0.401. The third-order valence-electron chi connectivity index (χ3n) is 4.56. The van der Waals surface area contributed by atoms with E-state index in [2.05, 4.69) is 20.6 Å². The molecule has 0 amide bonds. The molecular formula is C21H18ClN5O2S. The molecule has 0 atom stereocenters. The molecule has 0 spiro atoms. The Bertz CT molecular complexity index is 1210. The van der Waals surface area contributed by atoms with Crippen molar-refractivity contribution in [3.63, 3.8) is 0 Å². The van der Waals surface area contributed by atoms with Gasteiger partial charge in [-0.05, 0) is 51.9 Å². The minimum absolute atomic E-state index is 0.190. The van der Waals surface area contributed by atoms with E-state index in [4.69, 9.17) is 11.6 Å². The van der Waals surface area contributed by atoms with Gasteiger partial charge in [0.15, 0.2) is 5.82 Å². The molecule has 3 aromatic carbocycles. The molecular weight excluding hydrogens is 422 g/mol. The summed E-state index contributed by atoms with van der Waals surface area (Å²) >= 11 is 5.94. The predicted molar refractivity (Wildman–Crippen MR) is 114 cm³/mol. The standard InChI is InChI=1S/C21H18ClN5O2S/c22-19-9-11-20(12-10-19)30(28,29)27(14-16-5-2-1-3-6-16)15-17-7-4-8-18(13-17)21-23-25-26-24-21/h1-13H,14-15H2,(H,23,24,25,26). The highest BCUT2D eigenvalue weighted by molar-refractivity contribution is 7.89. The molecule has 1 aromatic heterocycles. The molecule has 1 N–H and O–H groups in total. The number of hydrogen-bond acceptors (Lipinski definition) is 5. The van der Waals surface area contributed by atoms with E-state index in [9.17, 15) is 8.42 Å². The van der Waals surface area contributed by atoms with Crippen LogP contribution in [-0.4, -0.2) is 33.3 Å². The monoisotopic (exact) mass is 439 g/mol. The molecule has 30 heavy (non-hydrogen) atoms. The molecule has 4 aromatic rings. The van der Waals surface area contributed by atoms with Crippen molar-refractivity contribution in [1.29, 1.82) is 0 Å². The second-order valence-electron chi connectivity index (χ2n) is 6.66. The highest BCUT2D eigenvalue weighted by atomic mass is 35.5. The molecule has 7 nitrogen and oxygen atoms in total. The van der Waals surface area contributed by atoms with Crippen LogP contribution in [0, 0.1) is 0 Å². The number of aromatic nitrogens is 4. The third-order valence-corrected chi connectivity index (χ3v) is 6.62. The second kappa shape index (κ2) is 8.74. The average molecular weight is 440 g/mol. The van der Waals surface area contributed by atoms with Gasteiger partial charge in [-0.3, -0.25) is 0 Å². The lowest BCUT2D eigenvalue weighted by Crippen LogP contribution is -2.30. The Morgan fingerprint density at radius 3 is 2.27 bits per heavy atom. The van der Waals surface area contributed by atoms with E-state index in [0.717, 1.165) is 16.7 Å². The normalized spacial score (nSPS) is 11.7. The van der Waals surface area contributed by atoms with Gasteiger partial charge in [-0.1, -0.05) is 60.1 Å². The van der Waals surface area contributed by atoms with E-state index in [1.54, 1.807) is 12.1 Å². The van der Waals surface area contributed by atoms with Crippen molar-refractivity contribution in [2.45, 2.75) is 18.0 Å². The Kier molecular flexibility index (Phi) is 5.89. The summed E-state index contributed by atoms with van der Waals surface area (Å²) in [5.41, 5.74) is 2.49. The quantitative estimate of drug-likeness (QED) is 0.471. The van der Waals surface area contributed by atoms with Crippen molar-refractivity contribution in [1.82, 2.24) is 24.9 Å². The maximum Gasteiger partial charge on any atom is 0.243 e. The van der Waals surface area contributed by atoms with Crippen LogP contribution in [0.1, 0.15) is 11.1 Å². The molecule has 0 saturated carbocycles. The zero-order valence-corrected chi connectivity index (χ0v) is 17.4. The first-order valence-corrected chi connectivity index (χ1v) is 11.0. The van der Waals surface area contributed by atoms with Crippen LogP contribution in [-0.2, 0) is 23.1 Å². The molecule has 9 heteroatoms. The fraction of sp³-hybridized carbons (Fsp3) is 0.0952. The number of halogens is 1. The maximum atomic E-state index is 13.4. The highest BCUT2D eigenvalue weighted by Crippen LogP contribution is 2.24. The first-order valence-electron chi connectivity index (χ1n) is 9.15. The van der Waals surface area contributed by atoms with Gasteiger partial charge in [0, 0.05) is 23.7 Å². The van der Waals surface area contributed by atoms with Gasteiger partial charge in [-0.2, -0.15) is 4.31 Å². The molecule has 0 aliphatic carbocycles. The van der Waals surface area contributed by atoms with Crippen molar-refractivity contribution < 1.29 is 8.42 Å². The van der Waals surface area contributed by atoms with Crippen LogP contribution >= 0.6 is 11.6 Å². The van der Waals surface area contributed by atoms with Gasteiger partial charge in [0.2, 0.25) is 10.0 Å². The molecule has 0 bridgehead atoms. The van der Waals surface area contributed by atoms with E-state index >= 15 is 0 Å². The van der Waals surface area contributed by atoms with Gasteiger partial charge >= 0.3 is 0 Å². The van der Waals surface area contributed by atoms with Gasteiger partial charge in [-0.25, -0.2) is 13.5 Å². The summed E-state index contributed by atoms with van der Waals surface area (Å²) in [7, 11) is -3.75. The Labute approximate surface area is 179 Å². The summed E-state index contributed by atoms with van der Waals surface area (Å²) in [4.78, 5) is 0.193. The number of aromatic amines is 1. The van der Waals surface area contributed by atoms with Crippen LogP contribution in [0.3, 0.4) is 0 Å². The lowest BCUT2D eigenvalue weighted by atomic mass is 10.1. The first kappa shape index (κ1) is 20.2. The summed E-state index contributed by atoms with van der Waals surface area (Å²) in [6, 6.07) is 23.1. The van der Waals surface area contributed by atoms with E-state index in [1.807, 2.05) is 54.6 Å². The minimum Gasteiger partial charge on any atom is -0.239 e. The third kappa shape index (κ3) is 4.56. The van der Waals surface area contributed by atoms with Gasteiger partial charge < -0.3 is 0 Å². The van der Waals surface area contributed by atoms with Crippen molar-refractivity contribution in [2.24, 2.45) is 0 Å². The summed E-state index contributed by atoms with van der Waals surface area (Å²) in [5, 5.41) is 14.3. The smallest absolute Gasteiger partial charge is 0.239 e. The number of rotatable bonds is 7. The van der Waals surface area contributed by atoms with Crippen LogP contribution in [0.4, 0.5) is 0 Å². The fourth-order valence-corrected chi connectivity index (χ4v) is 4.61. The van der Waals surface area contributed by atoms with Gasteiger partial charge in [0.05, 0.1) is 4.90 Å². The Hall–Kier alpha value is -3.07. The number of H-pyrrole nitrogens is 1. The number of nitrogens with one attached hydrogen (secondary N) is 1. The molecule has 0 aliphatic heterocycles. The molecule has 0 saturated heterocycles. The fourth-order valence-electron chi connectivity index (χ4n) is 3.07. The van der Waals surface area contributed by atoms with Gasteiger partial charge in [0.25, 0.3) is 0 Å². The summed E-state index contributed by atoms with van der Waals surface area (Å²) in [6.45, 7) is 0.426. The molecule has 0 aliphatic rings. The Morgan fingerprint density at radius 2 is 1.57 bits per heavy atom. The van der Waals surface area contributed by atoms with E-state index in [1.165, 1.54) is 16.4 Å². The number of tetrazole rings is 1. The minimum atomic E-state index is -3.75. The molecule has 0 unspecified atom stereocenters. The predicted octanol–water partition coefficient (Wildman–Crippen LogP) is 3.91. The topological polar surface area (TPSA) is 91.8 Å². The molecule has 1 heterocycles. The van der Waals surface area contributed by atoms with Crippen LogP contribution in [0.25, 0.3) is 11.4 Å². The average Bonchev–Trinajstić information content (AvgIpc) is 3.30. The van der Waals surface area contributed by atoms with E-state index in [0.29, 0.717) is 10.8 Å². The van der Waals surface area contributed by atoms with Gasteiger partial charge in [-0.15, -0.1) is 5.10 Å². The second-order valence-corrected chi connectivity index (χ2v) is 9.04. The van der Waals surface area contributed by atoms with Crippen LogP contribution < -0.4 is 0 Å². The van der Waals surface area contributed by atoms with Crippen LogP contribution in [0.2, 0.25) is 5.02 Å². The van der Waals surface area contributed by atoms with Gasteiger partial charge in [0.1, 0.15) is 0 Å².